The van der Waals surface area contributed by atoms with Crippen LogP contribution < -0.4 is 9.80 Å². The molecular weight excluding hydrogens is 1020 g/mol. The fraction of sp³-hybridized carbons (Fsp3) is 0.524. The molecule has 8 heteroatoms. The van der Waals surface area contributed by atoms with Crippen molar-refractivity contribution in [3.63, 3.8) is 0 Å². The first-order valence-electron chi connectivity index (χ1n) is 18.6. The summed E-state index contributed by atoms with van der Waals surface area (Å²) in [6.07, 6.45) is 23.8. The Labute approximate surface area is 386 Å². The first-order valence-corrected chi connectivity index (χ1v) is 25.8. The zero-order valence-corrected chi connectivity index (χ0v) is 42.1. The van der Waals surface area contributed by atoms with Gasteiger partial charge in [-0.2, -0.15) is 6.67 Å². The molecule has 0 amide bonds. The summed E-state index contributed by atoms with van der Waals surface area (Å²) in [6.45, 7) is 8.48. The molecule has 270 valence electrons. The molecule has 4 fully saturated rings. The van der Waals surface area contributed by atoms with Crippen molar-refractivity contribution >= 4 is 43.3 Å². The molecule has 0 spiro atoms. The number of aryl methyl sites for hydroxylation is 2. The predicted molar refractivity (Wildman–Crippen MR) is 211 cm³/mol. The van der Waals surface area contributed by atoms with Gasteiger partial charge < -0.3 is 21.9 Å². The van der Waals surface area contributed by atoms with Gasteiger partial charge in [0, 0.05) is 109 Å². The van der Waals surface area contributed by atoms with E-state index in [1.807, 2.05) is 53.1 Å². The van der Waals surface area contributed by atoms with Crippen LogP contribution >= 0.6 is 27.3 Å². The van der Waals surface area contributed by atoms with Crippen molar-refractivity contribution < 1.29 is 96.1 Å². The second kappa shape index (κ2) is 25.6. The van der Waals surface area contributed by atoms with Crippen LogP contribution in [0.2, 0.25) is 0 Å². The molecule has 0 bridgehead atoms. The summed E-state index contributed by atoms with van der Waals surface area (Å²) in [5, 5.41) is 0. The van der Waals surface area contributed by atoms with Crippen molar-refractivity contribution in [1.82, 2.24) is 0 Å². The van der Waals surface area contributed by atoms with Gasteiger partial charge in [0.25, 0.3) is 0 Å². The molecule has 3 aromatic carbocycles. The maximum Gasteiger partial charge on any atom is 0 e. The van der Waals surface area contributed by atoms with E-state index >= 15 is 0 Å². The first kappa shape index (κ1) is 45.9. The third kappa shape index (κ3) is 14.9. The van der Waals surface area contributed by atoms with Gasteiger partial charge in [-0.15, -0.1) is 0 Å². The summed E-state index contributed by atoms with van der Waals surface area (Å²) < 4.78 is 1.92. The van der Waals surface area contributed by atoms with Gasteiger partial charge in [0.15, 0.2) is 0 Å². The molecule has 1 aliphatic heterocycles. The van der Waals surface area contributed by atoms with Crippen molar-refractivity contribution in [3.8, 4) is 0 Å². The van der Waals surface area contributed by atoms with Crippen molar-refractivity contribution in [3.05, 3.63) is 102 Å². The smallest absolute Gasteiger partial charge is 0 e. The zero-order valence-electron chi connectivity index (χ0n) is 30.4. The summed E-state index contributed by atoms with van der Waals surface area (Å²) in [4.78, 5) is 4.52. The molecule has 3 aliphatic carbocycles. The molecule has 3 aromatic rings. The molecule has 1 saturated heterocycles. The largest absolute Gasteiger partial charge is 0 e. The quantitative estimate of drug-likeness (QED) is 0.138. The number of para-hydroxylation sites is 2. The van der Waals surface area contributed by atoms with E-state index in [0.29, 0.717) is 0 Å². The monoisotopic (exact) mass is 1070 g/mol. The van der Waals surface area contributed by atoms with Crippen LogP contribution in [0.1, 0.15) is 113 Å². The van der Waals surface area contributed by atoms with Crippen LogP contribution in [0.5, 0.6) is 0 Å². The van der Waals surface area contributed by atoms with Crippen molar-refractivity contribution in [2.24, 2.45) is 0 Å². The third-order valence-electron chi connectivity index (χ3n) is 10.7. The normalized spacial score (nSPS) is 18.9. The second-order valence-corrected chi connectivity index (χ2v) is 23.3. The minimum absolute atomic E-state index is 0. The predicted octanol–water partition coefficient (Wildman–Crippen LogP) is 12.3. The van der Waals surface area contributed by atoms with E-state index in [2.05, 4.69) is 60.6 Å². The molecule has 0 N–H and O–H groups in total. The average Bonchev–Trinajstić information content (AvgIpc) is 3.61. The summed E-state index contributed by atoms with van der Waals surface area (Å²) in [5.41, 5.74) is 9.77. The van der Waals surface area contributed by atoms with Crippen LogP contribution in [-0.2, 0) is 13.5 Å². The molecule has 2 radical (unpaired) electrons. The number of hydrogen-bond acceptors (Lipinski definition) is 2. The van der Waals surface area contributed by atoms with Crippen molar-refractivity contribution in [2.75, 3.05) is 22.9 Å². The van der Waals surface area contributed by atoms with Crippen LogP contribution in [0.3, 0.4) is 0 Å². The number of benzene rings is 3. The van der Waals surface area contributed by atoms with Gasteiger partial charge in [0.1, 0.15) is 0 Å². The Morgan fingerprint density at radius 1 is 0.640 bits per heavy atom. The number of hydrogen-bond donors (Lipinski definition) is 0. The minimum atomic E-state index is -1.61. The van der Waals surface area contributed by atoms with Gasteiger partial charge in [0.05, 0.1) is 17.0 Å². The Hall–Kier alpha value is 1.49. The van der Waals surface area contributed by atoms with E-state index in [1.165, 1.54) is 33.8 Å². The van der Waals surface area contributed by atoms with Crippen LogP contribution in [-0.4, -0.2) is 34.7 Å². The summed E-state index contributed by atoms with van der Waals surface area (Å²) in [6, 6.07) is 28.6. The van der Waals surface area contributed by atoms with E-state index in [4.69, 9.17) is 19.4 Å². The summed E-state index contributed by atoms with van der Waals surface area (Å²) >= 11 is -1.61. The van der Waals surface area contributed by atoms with Gasteiger partial charge in [-0.05, 0) is 102 Å². The molecular formula is C42H57Cl2N2PPr2Ru-2. The summed E-state index contributed by atoms with van der Waals surface area (Å²) in [5.74, 6) is 0. The molecule has 1 heterocycles. The average molecular weight is 1070 g/mol. The maximum atomic E-state index is 5.67. The first-order chi connectivity index (χ1) is 23.5. The van der Waals surface area contributed by atoms with E-state index in [-0.39, 0.29) is 90.5 Å². The van der Waals surface area contributed by atoms with Crippen LogP contribution in [0, 0.1) is 115 Å². The number of anilines is 2. The van der Waals surface area contributed by atoms with E-state index in [0.717, 1.165) is 24.3 Å². The van der Waals surface area contributed by atoms with E-state index in [9.17, 15) is 0 Å². The molecule has 2 nitrogen and oxygen atoms in total. The Balaban J connectivity index is 0.000000209. The SMILES string of the molecule is C1CCC([PH+](C2CCCCC2)C2CCCCC2)CC1.Cc1cccc(C)c1N1[CH-]N(c2[c-]ccc[c-]2)CC1.[Cl][Ru]([Cl])=[CH]c1ccccc1.[Pr].[Pr]. The van der Waals surface area contributed by atoms with Crippen LogP contribution in [0.15, 0.2) is 66.7 Å². The summed E-state index contributed by atoms with van der Waals surface area (Å²) in [7, 11) is 11.3. The fourth-order valence-electron chi connectivity index (χ4n) is 8.52. The van der Waals surface area contributed by atoms with E-state index < -0.39 is 13.5 Å². The standard InChI is InChI=1S/C18H33P.C17H17N2.C7H6.2ClH.2Pr.Ru/c1-4-10-16(11-5-1)19(17-12-6-2-7-13-17)18-14-8-3-9-15-18;1-14-7-6-8-15(2)17(14)19-12-11-18(13-19)16-9-4-3-5-10-16;1-7-5-3-2-4-6-7;;;;;/h16-18H,1-15H2;3-8,13H,11-12H2,1-2H3;1-6H;2*1H;;;/q;-3;;;;;;+2/p-1. The number of halogens is 2. The zero-order chi connectivity index (χ0) is 33.6. The Kier molecular flexibility index (Phi) is 23.5. The molecule has 0 unspecified atom stereocenters. The van der Waals surface area contributed by atoms with Gasteiger partial charge in [-0.1, -0.05) is 37.5 Å². The number of nitrogens with zero attached hydrogens (tertiary/aromatic N) is 2. The van der Waals surface area contributed by atoms with Crippen molar-refractivity contribution in [1.29, 1.82) is 0 Å². The molecule has 7 rings (SSSR count). The molecule has 4 aliphatic rings. The second-order valence-electron chi connectivity index (χ2n) is 14.1. The van der Waals surface area contributed by atoms with Crippen LogP contribution in [0.4, 0.5) is 11.4 Å². The van der Waals surface area contributed by atoms with E-state index in [1.54, 1.807) is 96.3 Å². The Bertz CT molecular complexity index is 1310. The molecule has 0 aromatic heterocycles. The molecule has 50 heavy (non-hydrogen) atoms. The minimum Gasteiger partial charge on any atom is 0 e. The third-order valence-corrected chi connectivity index (χ3v) is 17.2. The van der Waals surface area contributed by atoms with Gasteiger partial charge in [-0.3, -0.25) is 18.2 Å². The maximum absolute atomic E-state index is 5.67. The number of rotatable bonds is 6. The molecule has 3 saturated carbocycles. The van der Waals surface area contributed by atoms with Gasteiger partial charge >= 0.3 is 73.4 Å². The van der Waals surface area contributed by atoms with Crippen molar-refractivity contribution in [2.45, 2.75) is 127 Å². The van der Waals surface area contributed by atoms with Gasteiger partial charge in [-0.25, -0.2) is 5.69 Å². The van der Waals surface area contributed by atoms with Crippen LogP contribution in [0.25, 0.3) is 0 Å². The van der Waals surface area contributed by atoms with Gasteiger partial charge in [0.2, 0.25) is 0 Å². The molecule has 0 atom stereocenters. The Morgan fingerprint density at radius 3 is 1.56 bits per heavy atom. The fourth-order valence-corrected chi connectivity index (χ4v) is 15.6. The Morgan fingerprint density at radius 2 is 1.10 bits per heavy atom. The topological polar surface area (TPSA) is 6.48 Å².